The molecule has 3 aromatic heterocycles. The third-order valence-corrected chi connectivity index (χ3v) is 4.42. The van der Waals surface area contributed by atoms with Crippen LogP contribution in [0.15, 0.2) is 24.4 Å². The van der Waals surface area contributed by atoms with Gasteiger partial charge < -0.3 is 4.57 Å². The first kappa shape index (κ1) is 18.3. The molecule has 26 heavy (non-hydrogen) atoms. The molecule has 0 spiro atoms. The number of pyridine rings is 1. The van der Waals surface area contributed by atoms with Gasteiger partial charge in [0.05, 0.1) is 11.9 Å². The van der Waals surface area contributed by atoms with Gasteiger partial charge in [-0.15, -0.1) is 0 Å². The van der Waals surface area contributed by atoms with Crippen molar-refractivity contribution in [3.63, 3.8) is 0 Å². The summed E-state index contributed by atoms with van der Waals surface area (Å²) in [5.41, 5.74) is 1.01. The van der Waals surface area contributed by atoms with Crippen LogP contribution < -0.4 is 0 Å². The van der Waals surface area contributed by atoms with Gasteiger partial charge in [-0.3, -0.25) is 0 Å². The van der Waals surface area contributed by atoms with Crippen LogP contribution in [-0.2, 0) is 13.2 Å². The highest BCUT2D eigenvalue weighted by molar-refractivity contribution is 5.72. The van der Waals surface area contributed by atoms with Gasteiger partial charge in [0.1, 0.15) is 11.4 Å². The summed E-state index contributed by atoms with van der Waals surface area (Å²) in [7, 11) is 1.70. The molecule has 0 aromatic carbocycles. The number of imidazole rings is 1. The lowest BCUT2D eigenvalue weighted by molar-refractivity contribution is -0.141. The average Bonchev–Trinajstić information content (AvgIpc) is 2.95. The monoisotopic (exact) mass is 363 g/mol. The van der Waals surface area contributed by atoms with E-state index in [9.17, 15) is 13.2 Å². The van der Waals surface area contributed by atoms with Gasteiger partial charge in [-0.2, -0.15) is 13.2 Å². The van der Waals surface area contributed by atoms with Gasteiger partial charge in [0.15, 0.2) is 17.1 Å². The van der Waals surface area contributed by atoms with Crippen molar-refractivity contribution in [2.45, 2.75) is 45.2 Å². The first-order chi connectivity index (χ1) is 12.3. The SMILES string of the molecule is CCCC(CC)c1cnc2c(n1)nc(-c1cccc(C(F)(F)F)n1)n2C. The molecule has 0 radical (unpaired) electrons. The molecule has 0 N–H and O–H groups in total. The topological polar surface area (TPSA) is 56.5 Å². The molecule has 0 bridgehead atoms. The molecule has 0 aliphatic rings. The molecule has 3 aromatic rings. The number of rotatable bonds is 5. The number of alkyl halides is 3. The van der Waals surface area contributed by atoms with Crippen molar-refractivity contribution in [2.24, 2.45) is 7.05 Å². The summed E-state index contributed by atoms with van der Waals surface area (Å²) in [6.45, 7) is 4.22. The smallest absolute Gasteiger partial charge is 0.309 e. The Balaban J connectivity index is 2.07. The molecule has 0 aliphatic carbocycles. The second kappa shape index (κ2) is 7.01. The van der Waals surface area contributed by atoms with Crippen molar-refractivity contribution in [1.29, 1.82) is 0 Å². The van der Waals surface area contributed by atoms with E-state index in [0.29, 0.717) is 23.0 Å². The Morgan fingerprint density at radius 1 is 1.12 bits per heavy atom. The summed E-state index contributed by atoms with van der Waals surface area (Å²) in [6, 6.07) is 3.77. The summed E-state index contributed by atoms with van der Waals surface area (Å²) in [6.07, 6.45) is 0.226. The van der Waals surface area contributed by atoms with E-state index in [1.54, 1.807) is 17.8 Å². The standard InChI is InChI=1S/C18H20F3N5/c1-4-7-11(5-2)13-10-22-17-15(24-13)25-16(26(17)3)12-8-6-9-14(23-12)18(19,20)21/h6,8-11H,4-5,7H2,1-3H3. The van der Waals surface area contributed by atoms with Gasteiger partial charge in [-0.05, 0) is 25.0 Å². The van der Waals surface area contributed by atoms with Crippen LogP contribution in [-0.4, -0.2) is 24.5 Å². The minimum Gasteiger partial charge on any atom is -0.309 e. The molecular formula is C18H20F3N5. The summed E-state index contributed by atoms with van der Waals surface area (Å²) in [5.74, 6) is 0.612. The van der Waals surface area contributed by atoms with E-state index >= 15 is 0 Å². The molecule has 1 atom stereocenters. The van der Waals surface area contributed by atoms with Gasteiger partial charge in [0.2, 0.25) is 0 Å². The van der Waals surface area contributed by atoms with Crippen LogP contribution in [0.2, 0.25) is 0 Å². The van der Waals surface area contributed by atoms with E-state index in [4.69, 9.17) is 0 Å². The lowest BCUT2D eigenvalue weighted by atomic mass is 9.97. The average molecular weight is 363 g/mol. The molecule has 0 amide bonds. The molecule has 0 aliphatic heterocycles. The summed E-state index contributed by atoms with van der Waals surface area (Å²) in [5, 5.41) is 0. The molecule has 3 rings (SSSR count). The van der Waals surface area contributed by atoms with Crippen LogP contribution >= 0.6 is 0 Å². The second-order valence-corrected chi connectivity index (χ2v) is 6.24. The number of halogens is 3. The third kappa shape index (κ3) is 3.40. The fourth-order valence-corrected chi connectivity index (χ4v) is 3.03. The molecular weight excluding hydrogens is 343 g/mol. The molecule has 8 heteroatoms. The number of hydrogen-bond acceptors (Lipinski definition) is 4. The van der Waals surface area contributed by atoms with Crippen LogP contribution in [0.4, 0.5) is 13.2 Å². The zero-order valence-electron chi connectivity index (χ0n) is 14.9. The highest BCUT2D eigenvalue weighted by Crippen LogP contribution is 2.30. The zero-order valence-corrected chi connectivity index (χ0v) is 14.9. The Kier molecular flexibility index (Phi) is 4.93. The molecule has 0 fully saturated rings. The van der Waals surface area contributed by atoms with E-state index in [2.05, 4.69) is 33.8 Å². The van der Waals surface area contributed by atoms with Crippen LogP contribution in [0.3, 0.4) is 0 Å². The van der Waals surface area contributed by atoms with Gasteiger partial charge >= 0.3 is 6.18 Å². The Labute approximate surface area is 149 Å². The van der Waals surface area contributed by atoms with Crippen molar-refractivity contribution in [3.8, 4) is 11.5 Å². The lowest BCUT2D eigenvalue weighted by Crippen LogP contribution is -2.08. The van der Waals surface area contributed by atoms with Crippen LogP contribution in [0.1, 0.15) is 50.4 Å². The fraction of sp³-hybridized carbons (Fsp3) is 0.444. The quantitative estimate of drug-likeness (QED) is 0.657. The molecule has 5 nitrogen and oxygen atoms in total. The number of hydrogen-bond donors (Lipinski definition) is 0. The Morgan fingerprint density at radius 2 is 1.88 bits per heavy atom. The predicted molar refractivity (Wildman–Crippen MR) is 92.5 cm³/mol. The number of aromatic nitrogens is 5. The maximum Gasteiger partial charge on any atom is 0.433 e. The van der Waals surface area contributed by atoms with Crippen molar-refractivity contribution >= 4 is 11.3 Å². The Bertz CT molecular complexity index is 917. The number of nitrogens with zero attached hydrogens (tertiary/aromatic N) is 5. The summed E-state index contributed by atoms with van der Waals surface area (Å²) in [4.78, 5) is 17.1. The van der Waals surface area contributed by atoms with Crippen LogP contribution in [0.25, 0.3) is 22.8 Å². The molecule has 1 unspecified atom stereocenters. The molecule has 3 heterocycles. The van der Waals surface area contributed by atoms with Gasteiger partial charge in [-0.1, -0.05) is 26.3 Å². The molecule has 138 valence electrons. The van der Waals surface area contributed by atoms with Crippen molar-refractivity contribution in [3.05, 3.63) is 35.8 Å². The Morgan fingerprint density at radius 3 is 2.54 bits per heavy atom. The fourth-order valence-electron chi connectivity index (χ4n) is 3.03. The van der Waals surface area contributed by atoms with E-state index < -0.39 is 11.9 Å². The second-order valence-electron chi connectivity index (χ2n) is 6.24. The largest absolute Gasteiger partial charge is 0.433 e. The lowest BCUT2D eigenvalue weighted by Gasteiger charge is -2.12. The van der Waals surface area contributed by atoms with E-state index in [1.165, 1.54) is 12.1 Å². The highest BCUT2D eigenvalue weighted by atomic mass is 19.4. The first-order valence-corrected chi connectivity index (χ1v) is 8.59. The van der Waals surface area contributed by atoms with Crippen molar-refractivity contribution in [1.82, 2.24) is 24.5 Å². The van der Waals surface area contributed by atoms with E-state index in [0.717, 1.165) is 31.0 Å². The third-order valence-electron chi connectivity index (χ3n) is 4.42. The maximum absolute atomic E-state index is 12.9. The number of fused-ring (bicyclic) bond motifs is 1. The minimum absolute atomic E-state index is 0.143. The minimum atomic E-state index is -4.50. The molecule has 0 saturated heterocycles. The van der Waals surface area contributed by atoms with Crippen molar-refractivity contribution < 1.29 is 13.2 Å². The highest BCUT2D eigenvalue weighted by Gasteiger charge is 2.32. The number of aryl methyl sites for hydroxylation is 1. The first-order valence-electron chi connectivity index (χ1n) is 8.59. The van der Waals surface area contributed by atoms with Crippen LogP contribution in [0, 0.1) is 0 Å². The zero-order chi connectivity index (χ0) is 18.9. The molecule has 0 saturated carbocycles. The normalized spacial score (nSPS) is 13.3. The van der Waals surface area contributed by atoms with Gasteiger partial charge in [-0.25, -0.2) is 19.9 Å². The van der Waals surface area contributed by atoms with Gasteiger partial charge in [0.25, 0.3) is 0 Å². The van der Waals surface area contributed by atoms with E-state index in [1.807, 2.05) is 0 Å². The maximum atomic E-state index is 12.9. The predicted octanol–water partition coefficient (Wildman–Crippen LogP) is 4.74. The van der Waals surface area contributed by atoms with Crippen LogP contribution in [0.5, 0.6) is 0 Å². The van der Waals surface area contributed by atoms with Crippen molar-refractivity contribution in [2.75, 3.05) is 0 Å². The van der Waals surface area contributed by atoms with Gasteiger partial charge in [0, 0.05) is 13.0 Å². The van der Waals surface area contributed by atoms with E-state index in [-0.39, 0.29) is 5.69 Å². The Hall–Kier alpha value is -2.51. The summed E-state index contributed by atoms with van der Waals surface area (Å²) < 4.78 is 40.4. The summed E-state index contributed by atoms with van der Waals surface area (Å²) >= 11 is 0.